The predicted octanol–water partition coefficient (Wildman–Crippen LogP) is 0.774. The zero-order chi connectivity index (χ0) is 12.8. The van der Waals surface area contributed by atoms with E-state index in [1.54, 1.807) is 36.6 Å². The fraction of sp³-hybridized carbons (Fsp3) is 0.636. The van der Waals surface area contributed by atoms with E-state index in [0.717, 1.165) is 9.88 Å². The van der Waals surface area contributed by atoms with Crippen molar-refractivity contribution in [2.75, 3.05) is 20.7 Å². The summed E-state index contributed by atoms with van der Waals surface area (Å²) in [5.41, 5.74) is 5.48. The average molecular weight is 257 g/mol. The number of hydrogen-bond acceptors (Lipinski definition) is 5. The minimum Gasteiger partial charge on any atom is -0.380 e. The van der Waals surface area contributed by atoms with Crippen LogP contribution in [0.3, 0.4) is 0 Å². The van der Waals surface area contributed by atoms with Crippen LogP contribution in [-0.4, -0.2) is 42.6 Å². The van der Waals surface area contributed by atoms with Crippen molar-refractivity contribution in [3.05, 3.63) is 16.1 Å². The number of carbonyl (C=O) groups excluding carboxylic acids is 1. The van der Waals surface area contributed by atoms with E-state index in [1.807, 2.05) is 6.92 Å². The third kappa shape index (κ3) is 4.41. The monoisotopic (exact) mass is 257 g/mol. The zero-order valence-corrected chi connectivity index (χ0v) is 11.3. The van der Waals surface area contributed by atoms with Crippen LogP contribution in [0, 0.1) is 6.92 Å². The molecule has 0 aliphatic heterocycles. The highest BCUT2D eigenvalue weighted by atomic mass is 32.1. The normalized spacial score (nSPS) is 12.5. The molecule has 1 rings (SSSR count). The third-order valence-electron chi connectivity index (χ3n) is 2.49. The molecule has 1 aromatic rings. The largest absolute Gasteiger partial charge is 0.380 e. The first-order valence-electron chi connectivity index (χ1n) is 5.45. The molecule has 0 radical (unpaired) electrons. The SMILES string of the molecule is COC(CN)CC(=O)N(C)Cc1cnc(C)s1. The van der Waals surface area contributed by atoms with E-state index < -0.39 is 0 Å². The molecule has 1 aromatic heterocycles. The molecule has 17 heavy (non-hydrogen) atoms. The Bertz CT molecular complexity index is 363. The summed E-state index contributed by atoms with van der Waals surface area (Å²) in [5, 5.41) is 1.01. The second kappa shape index (κ2) is 6.68. The van der Waals surface area contributed by atoms with Crippen molar-refractivity contribution in [2.24, 2.45) is 5.73 Å². The van der Waals surface area contributed by atoms with Crippen molar-refractivity contribution in [3.63, 3.8) is 0 Å². The second-order valence-electron chi connectivity index (χ2n) is 3.89. The van der Waals surface area contributed by atoms with Gasteiger partial charge in [0.2, 0.25) is 5.91 Å². The number of methoxy groups -OCH3 is 1. The van der Waals surface area contributed by atoms with Crippen molar-refractivity contribution in [1.29, 1.82) is 0 Å². The van der Waals surface area contributed by atoms with E-state index in [-0.39, 0.29) is 12.0 Å². The van der Waals surface area contributed by atoms with Crippen LogP contribution in [0.5, 0.6) is 0 Å². The molecule has 96 valence electrons. The minimum absolute atomic E-state index is 0.0355. The summed E-state index contributed by atoms with van der Waals surface area (Å²) < 4.78 is 5.09. The third-order valence-corrected chi connectivity index (χ3v) is 3.38. The maximum Gasteiger partial charge on any atom is 0.225 e. The topological polar surface area (TPSA) is 68.5 Å². The Morgan fingerprint density at radius 2 is 2.41 bits per heavy atom. The highest BCUT2D eigenvalue weighted by Gasteiger charge is 2.16. The van der Waals surface area contributed by atoms with Gasteiger partial charge in [0.1, 0.15) is 0 Å². The molecule has 0 saturated heterocycles. The molecule has 1 atom stereocenters. The summed E-state index contributed by atoms with van der Waals surface area (Å²) in [5.74, 6) is 0.0355. The van der Waals surface area contributed by atoms with Crippen molar-refractivity contribution < 1.29 is 9.53 Å². The number of hydrogen-bond donors (Lipinski definition) is 1. The van der Waals surface area contributed by atoms with E-state index >= 15 is 0 Å². The molecule has 0 fully saturated rings. The molecule has 6 heteroatoms. The van der Waals surface area contributed by atoms with Gasteiger partial charge in [-0.05, 0) is 6.92 Å². The van der Waals surface area contributed by atoms with Gasteiger partial charge in [0, 0.05) is 31.8 Å². The molecule has 0 aliphatic rings. The van der Waals surface area contributed by atoms with Crippen molar-refractivity contribution in [2.45, 2.75) is 26.0 Å². The van der Waals surface area contributed by atoms with Gasteiger partial charge < -0.3 is 15.4 Å². The van der Waals surface area contributed by atoms with Gasteiger partial charge in [0.05, 0.1) is 24.1 Å². The van der Waals surface area contributed by atoms with Gasteiger partial charge in [-0.1, -0.05) is 0 Å². The molecule has 2 N–H and O–H groups in total. The van der Waals surface area contributed by atoms with Crippen LogP contribution in [0.25, 0.3) is 0 Å². The van der Waals surface area contributed by atoms with Crippen LogP contribution in [0.1, 0.15) is 16.3 Å². The Kier molecular flexibility index (Phi) is 5.54. The fourth-order valence-electron chi connectivity index (χ4n) is 1.41. The van der Waals surface area contributed by atoms with Crippen LogP contribution >= 0.6 is 11.3 Å². The molecule has 0 aromatic carbocycles. The predicted molar refractivity (Wildman–Crippen MR) is 67.8 cm³/mol. The van der Waals surface area contributed by atoms with Gasteiger partial charge in [-0.15, -0.1) is 11.3 Å². The lowest BCUT2D eigenvalue weighted by atomic mass is 10.2. The fourth-order valence-corrected chi connectivity index (χ4v) is 2.26. The summed E-state index contributed by atoms with van der Waals surface area (Å²) in [6.07, 6.45) is 1.93. The highest BCUT2D eigenvalue weighted by Crippen LogP contribution is 2.14. The van der Waals surface area contributed by atoms with Crippen LogP contribution in [-0.2, 0) is 16.1 Å². The van der Waals surface area contributed by atoms with E-state index in [9.17, 15) is 4.79 Å². The minimum atomic E-state index is -0.201. The van der Waals surface area contributed by atoms with E-state index in [2.05, 4.69) is 4.98 Å². The lowest BCUT2D eigenvalue weighted by Crippen LogP contribution is -2.33. The van der Waals surface area contributed by atoms with Crippen molar-refractivity contribution in [3.8, 4) is 0 Å². The first-order chi connectivity index (χ1) is 8.06. The molecule has 0 spiro atoms. The molecular weight excluding hydrogens is 238 g/mol. The standard InChI is InChI=1S/C11H19N3O2S/c1-8-13-6-10(17-8)7-14(2)11(15)4-9(5-12)16-3/h6,9H,4-5,7,12H2,1-3H3. The molecule has 5 nitrogen and oxygen atoms in total. The molecule has 1 unspecified atom stereocenters. The first-order valence-corrected chi connectivity index (χ1v) is 6.26. The van der Waals surface area contributed by atoms with E-state index in [1.165, 1.54) is 0 Å². The van der Waals surface area contributed by atoms with Gasteiger partial charge in [-0.3, -0.25) is 4.79 Å². The lowest BCUT2D eigenvalue weighted by Gasteiger charge is -2.19. The second-order valence-corrected chi connectivity index (χ2v) is 5.21. The molecule has 1 heterocycles. The molecule has 0 saturated carbocycles. The van der Waals surface area contributed by atoms with Gasteiger partial charge in [-0.2, -0.15) is 0 Å². The number of ether oxygens (including phenoxy) is 1. The maximum absolute atomic E-state index is 11.9. The summed E-state index contributed by atoms with van der Waals surface area (Å²) >= 11 is 1.60. The van der Waals surface area contributed by atoms with Crippen LogP contribution in [0.2, 0.25) is 0 Å². The number of amides is 1. The first kappa shape index (κ1) is 14.1. The van der Waals surface area contributed by atoms with E-state index in [0.29, 0.717) is 19.5 Å². The summed E-state index contributed by atoms with van der Waals surface area (Å²) in [6, 6.07) is 0. The number of nitrogens with two attached hydrogens (primary N) is 1. The van der Waals surface area contributed by atoms with Gasteiger partial charge in [0.15, 0.2) is 0 Å². The number of aromatic nitrogens is 1. The Balaban J connectivity index is 2.46. The smallest absolute Gasteiger partial charge is 0.225 e. The van der Waals surface area contributed by atoms with Gasteiger partial charge >= 0.3 is 0 Å². The summed E-state index contributed by atoms with van der Waals surface area (Å²) in [7, 11) is 3.35. The highest BCUT2D eigenvalue weighted by molar-refractivity contribution is 7.11. The molecular formula is C11H19N3O2S. The van der Waals surface area contributed by atoms with Gasteiger partial charge in [-0.25, -0.2) is 4.98 Å². The lowest BCUT2D eigenvalue weighted by molar-refractivity contribution is -0.132. The molecule has 0 aliphatic carbocycles. The van der Waals surface area contributed by atoms with Crippen LogP contribution in [0.15, 0.2) is 6.20 Å². The number of nitrogens with zero attached hydrogens (tertiary/aromatic N) is 2. The number of thiazole rings is 1. The zero-order valence-electron chi connectivity index (χ0n) is 10.5. The van der Waals surface area contributed by atoms with Crippen LogP contribution < -0.4 is 5.73 Å². The van der Waals surface area contributed by atoms with Gasteiger partial charge in [0.25, 0.3) is 0 Å². The number of rotatable bonds is 6. The Morgan fingerprint density at radius 1 is 1.71 bits per heavy atom. The van der Waals surface area contributed by atoms with Crippen LogP contribution in [0.4, 0.5) is 0 Å². The molecule has 0 bridgehead atoms. The Hall–Kier alpha value is -0.980. The van der Waals surface area contributed by atoms with Crippen molar-refractivity contribution in [1.82, 2.24) is 9.88 Å². The summed E-state index contributed by atoms with van der Waals surface area (Å²) in [6.45, 7) is 2.90. The average Bonchev–Trinajstić information content (AvgIpc) is 2.71. The Morgan fingerprint density at radius 3 is 2.88 bits per heavy atom. The van der Waals surface area contributed by atoms with Crippen molar-refractivity contribution >= 4 is 17.2 Å². The Labute approximate surface area is 106 Å². The maximum atomic E-state index is 11.9. The number of aryl methyl sites for hydroxylation is 1. The quantitative estimate of drug-likeness (QED) is 0.817. The number of carbonyl (C=O) groups is 1. The van der Waals surface area contributed by atoms with E-state index in [4.69, 9.17) is 10.5 Å². The molecule has 1 amide bonds. The summed E-state index contributed by atoms with van der Waals surface area (Å²) in [4.78, 5) is 18.8.